The lowest BCUT2D eigenvalue weighted by Gasteiger charge is -2.41. The number of fused-ring (bicyclic) bond motifs is 3. The minimum atomic E-state index is -0.249. The van der Waals surface area contributed by atoms with Gasteiger partial charge in [0.15, 0.2) is 6.29 Å². The standard InChI is InChI=1S/C8H11N5O/c14-7-5-6(11-4-10-5)13-3-1-2-9-8(13)12-7/h1-3,5-6,8,10-11H,4H2,(H,12,14). The van der Waals surface area contributed by atoms with Crippen molar-refractivity contribution < 1.29 is 4.79 Å². The molecule has 3 rings (SSSR count). The monoisotopic (exact) mass is 193 g/mol. The van der Waals surface area contributed by atoms with Gasteiger partial charge in [0.05, 0.1) is 0 Å². The average molecular weight is 193 g/mol. The molecule has 3 heterocycles. The molecule has 0 radical (unpaired) electrons. The number of aliphatic imine (C=N–C) groups is 1. The van der Waals surface area contributed by atoms with Crippen molar-refractivity contribution in [3.8, 4) is 0 Å². The molecule has 0 bridgehead atoms. The molecule has 1 amide bonds. The van der Waals surface area contributed by atoms with Gasteiger partial charge in [-0.15, -0.1) is 0 Å². The fourth-order valence-electron chi connectivity index (χ4n) is 2.02. The molecule has 14 heavy (non-hydrogen) atoms. The Morgan fingerprint density at radius 2 is 2.43 bits per heavy atom. The van der Waals surface area contributed by atoms with E-state index in [-0.39, 0.29) is 24.4 Å². The summed E-state index contributed by atoms with van der Waals surface area (Å²) in [5.41, 5.74) is 0. The van der Waals surface area contributed by atoms with Crippen LogP contribution in [0, 0.1) is 0 Å². The summed E-state index contributed by atoms with van der Waals surface area (Å²) in [7, 11) is 0. The van der Waals surface area contributed by atoms with Crippen molar-refractivity contribution in [3.63, 3.8) is 0 Å². The normalized spacial score (nSPS) is 39.3. The van der Waals surface area contributed by atoms with Crippen LogP contribution in [0.4, 0.5) is 0 Å². The molecule has 0 aromatic carbocycles. The molecule has 3 unspecified atom stereocenters. The topological polar surface area (TPSA) is 68.8 Å². The lowest BCUT2D eigenvalue weighted by Crippen LogP contribution is -2.66. The van der Waals surface area contributed by atoms with Crippen LogP contribution in [-0.2, 0) is 4.79 Å². The van der Waals surface area contributed by atoms with E-state index in [0.717, 1.165) is 0 Å². The number of allylic oxidation sites excluding steroid dienone is 1. The van der Waals surface area contributed by atoms with E-state index in [1.54, 1.807) is 6.21 Å². The van der Waals surface area contributed by atoms with Crippen LogP contribution in [-0.4, -0.2) is 42.2 Å². The molecule has 2 saturated heterocycles. The van der Waals surface area contributed by atoms with Crippen LogP contribution in [0.3, 0.4) is 0 Å². The zero-order chi connectivity index (χ0) is 9.54. The van der Waals surface area contributed by atoms with Gasteiger partial charge in [0.1, 0.15) is 12.2 Å². The van der Waals surface area contributed by atoms with Crippen molar-refractivity contribution in [2.45, 2.75) is 18.5 Å². The summed E-state index contributed by atoms with van der Waals surface area (Å²) in [4.78, 5) is 17.8. The number of rotatable bonds is 0. The first-order valence-corrected chi connectivity index (χ1v) is 4.61. The number of nitrogens with one attached hydrogen (secondary N) is 3. The van der Waals surface area contributed by atoms with Crippen LogP contribution < -0.4 is 16.0 Å². The molecule has 6 nitrogen and oxygen atoms in total. The first-order chi connectivity index (χ1) is 6.86. The van der Waals surface area contributed by atoms with Gasteiger partial charge in [-0.1, -0.05) is 0 Å². The van der Waals surface area contributed by atoms with Gasteiger partial charge in [0, 0.05) is 19.1 Å². The molecule has 3 aliphatic rings. The molecule has 0 saturated carbocycles. The quantitative estimate of drug-likeness (QED) is 0.422. The van der Waals surface area contributed by atoms with Gasteiger partial charge < -0.3 is 10.2 Å². The minimum absolute atomic E-state index is 0.00806. The molecule has 3 N–H and O–H groups in total. The summed E-state index contributed by atoms with van der Waals surface area (Å²) in [5, 5.41) is 9.13. The maximum absolute atomic E-state index is 11.6. The maximum Gasteiger partial charge on any atom is 0.243 e. The summed E-state index contributed by atoms with van der Waals surface area (Å²) in [6, 6.07) is -0.177. The molecule has 2 fully saturated rings. The van der Waals surface area contributed by atoms with Crippen LogP contribution in [0.1, 0.15) is 0 Å². The molecular weight excluding hydrogens is 182 g/mol. The van der Waals surface area contributed by atoms with Crippen molar-refractivity contribution in [2.24, 2.45) is 4.99 Å². The third kappa shape index (κ3) is 0.978. The first kappa shape index (κ1) is 7.95. The SMILES string of the molecule is O=C1NC2N=CC=CN2C2NCNC12. The molecule has 3 aliphatic heterocycles. The lowest BCUT2D eigenvalue weighted by molar-refractivity contribution is -0.129. The van der Waals surface area contributed by atoms with Crippen LogP contribution in [0.2, 0.25) is 0 Å². The van der Waals surface area contributed by atoms with E-state index in [4.69, 9.17) is 0 Å². The van der Waals surface area contributed by atoms with E-state index in [1.807, 2.05) is 17.2 Å². The maximum atomic E-state index is 11.6. The molecule has 0 aromatic rings. The summed E-state index contributed by atoms with van der Waals surface area (Å²) < 4.78 is 0. The van der Waals surface area contributed by atoms with E-state index in [0.29, 0.717) is 6.67 Å². The Labute approximate surface area is 81.1 Å². The summed E-state index contributed by atoms with van der Waals surface area (Å²) >= 11 is 0. The summed E-state index contributed by atoms with van der Waals surface area (Å²) in [6.07, 6.45) is 5.27. The zero-order valence-corrected chi connectivity index (χ0v) is 7.47. The second-order valence-corrected chi connectivity index (χ2v) is 3.48. The lowest BCUT2D eigenvalue weighted by atomic mass is 10.1. The molecule has 74 valence electrons. The Balaban J connectivity index is 1.92. The Morgan fingerprint density at radius 1 is 1.50 bits per heavy atom. The summed E-state index contributed by atoms with van der Waals surface area (Å²) in [6.45, 7) is 0.656. The van der Waals surface area contributed by atoms with Crippen molar-refractivity contribution in [1.29, 1.82) is 0 Å². The van der Waals surface area contributed by atoms with Crippen molar-refractivity contribution >= 4 is 12.1 Å². The fraction of sp³-hybridized carbons (Fsp3) is 0.500. The number of amides is 1. The number of hydrogen-bond acceptors (Lipinski definition) is 5. The van der Waals surface area contributed by atoms with E-state index < -0.39 is 0 Å². The molecule has 0 aromatic heterocycles. The third-order valence-corrected chi connectivity index (χ3v) is 2.68. The van der Waals surface area contributed by atoms with Gasteiger partial charge in [-0.05, 0) is 6.08 Å². The summed E-state index contributed by atoms with van der Waals surface area (Å²) in [5.74, 6) is 0.00806. The molecule has 0 aliphatic carbocycles. The highest BCUT2D eigenvalue weighted by molar-refractivity contribution is 5.85. The number of nitrogens with zero attached hydrogens (tertiary/aromatic N) is 2. The van der Waals surface area contributed by atoms with Crippen molar-refractivity contribution in [3.05, 3.63) is 12.3 Å². The second kappa shape index (κ2) is 2.79. The van der Waals surface area contributed by atoms with Gasteiger partial charge in [-0.3, -0.25) is 15.4 Å². The van der Waals surface area contributed by atoms with Crippen LogP contribution >= 0.6 is 0 Å². The van der Waals surface area contributed by atoms with E-state index >= 15 is 0 Å². The largest absolute Gasteiger partial charge is 0.322 e. The highest BCUT2D eigenvalue weighted by Gasteiger charge is 2.43. The molecule has 3 atom stereocenters. The minimum Gasteiger partial charge on any atom is -0.322 e. The predicted octanol–water partition coefficient (Wildman–Crippen LogP) is -1.86. The van der Waals surface area contributed by atoms with E-state index in [2.05, 4.69) is 20.9 Å². The van der Waals surface area contributed by atoms with Crippen molar-refractivity contribution in [2.75, 3.05) is 6.67 Å². The van der Waals surface area contributed by atoms with Gasteiger partial charge in [-0.25, -0.2) is 4.99 Å². The second-order valence-electron chi connectivity index (χ2n) is 3.48. The smallest absolute Gasteiger partial charge is 0.243 e. The Bertz CT molecular complexity index is 326. The van der Waals surface area contributed by atoms with Gasteiger partial charge in [0.2, 0.25) is 5.91 Å². The predicted molar refractivity (Wildman–Crippen MR) is 50.1 cm³/mol. The zero-order valence-electron chi connectivity index (χ0n) is 7.47. The average Bonchev–Trinajstić information content (AvgIpc) is 2.67. The van der Waals surface area contributed by atoms with E-state index in [9.17, 15) is 4.79 Å². The van der Waals surface area contributed by atoms with Gasteiger partial charge in [0.25, 0.3) is 0 Å². The van der Waals surface area contributed by atoms with Crippen LogP contribution in [0.25, 0.3) is 0 Å². The van der Waals surface area contributed by atoms with Crippen LogP contribution in [0.5, 0.6) is 0 Å². The Morgan fingerprint density at radius 3 is 3.36 bits per heavy atom. The number of carbonyl (C=O) groups excluding carboxylic acids is 1. The van der Waals surface area contributed by atoms with Gasteiger partial charge in [-0.2, -0.15) is 0 Å². The Kier molecular flexibility index (Phi) is 1.59. The van der Waals surface area contributed by atoms with E-state index in [1.165, 1.54) is 0 Å². The third-order valence-electron chi connectivity index (χ3n) is 2.68. The highest BCUT2D eigenvalue weighted by Crippen LogP contribution is 2.17. The first-order valence-electron chi connectivity index (χ1n) is 4.61. The molecule has 0 spiro atoms. The number of carbonyl (C=O) groups is 1. The highest BCUT2D eigenvalue weighted by atomic mass is 16.2. The van der Waals surface area contributed by atoms with Crippen molar-refractivity contribution in [1.82, 2.24) is 20.9 Å². The fourth-order valence-corrected chi connectivity index (χ4v) is 2.02. The Hall–Kier alpha value is -1.40. The molecular formula is C8H11N5O. The van der Waals surface area contributed by atoms with Crippen LogP contribution in [0.15, 0.2) is 17.3 Å². The number of hydrogen-bond donors (Lipinski definition) is 3. The molecule has 6 heteroatoms. The van der Waals surface area contributed by atoms with Gasteiger partial charge >= 0.3 is 0 Å².